The summed E-state index contributed by atoms with van der Waals surface area (Å²) in [4.78, 5) is 36.7. The van der Waals surface area contributed by atoms with Crippen molar-refractivity contribution in [2.75, 3.05) is 6.54 Å². The molecule has 1 atom stereocenters. The number of carbonyl (C=O) groups excluding carboxylic acids is 3. The average molecular weight is 351 g/mol. The minimum absolute atomic E-state index is 0. The Morgan fingerprint density at radius 2 is 1.67 bits per heavy atom. The molecule has 0 unspecified atom stereocenters. The molecule has 0 saturated carbocycles. The number of hydrogen-bond acceptors (Lipinski definition) is 4. The summed E-state index contributed by atoms with van der Waals surface area (Å²) in [6.07, 6.45) is 0.321. The maximum Gasteiger partial charge on any atom is 0.237 e. The molecule has 0 radical (unpaired) electrons. The Labute approximate surface area is 148 Å². The molecule has 3 N–H and O–H groups in total. The zero-order valence-electron chi connectivity index (χ0n) is 14.1. The largest absolute Gasteiger partial charge is 0.354 e. The zero-order valence-corrected chi connectivity index (χ0v) is 14.9. The first-order valence-corrected chi connectivity index (χ1v) is 7.76. The molecule has 1 amide bonds. The Morgan fingerprint density at radius 3 is 2.21 bits per heavy atom. The second-order valence-corrected chi connectivity index (χ2v) is 6.12. The number of hydrogen-bond donors (Lipinski definition) is 2. The molecule has 6 heteroatoms. The monoisotopic (exact) mass is 350 g/mol. The highest BCUT2D eigenvalue weighted by Gasteiger charge is 2.29. The summed E-state index contributed by atoms with van der Waals surface area (Å²) >= 11 is 0. The summed E-state index contributed by atoms with van der Waals surface area (Å²) in [5.74, 6) is -0.463. The lowest BCUT2D eigenvalue weighted by atomic mass is 9.83. The number of halogens is 1. The molecule has 5 nitrogen and oxygen atoms in total. The number of amides is 1. The number of nitrogens with one attached hydrogen (secondary N) is 1. The maximum absolute atomic E-state index is 12.5. The van der Waals surface area contributed by atoms with Gasteiger partial charge >= 0.3 is 0 Å². The van der Waals surface area contributed by atoms with E-state index in [4.69, 9.17) is 5.73 Å². The van der Waals surface area contributed by atoms with Gasteiger partial charge in [0.25, 0.3) is 0 Å². The van der Waals surface area contributed by atoms with Crippen LogP contribution in [-0.4, -0.2) is 30.1 Å². The van der Waals surface area contributed by atoms with Gasteiger partial charge in [0.15, 0.2) is 11.6 Å². The first kappa shape index (κ1) is 20.1. The molecule has 0 bridgehead atoms. The molecule has 1 aromatic carbocycles. The van der Waals surface area contributed by atoms with E-state index in [0.717, 1.165) is 0 Å². The van der Waals surface area contributed by atoms with Crippen LogP contribution in [0.2, 0.25) is 0 Å². The maximum atomic E-state index is 12.5. The molecule has 0 heterocycles. The van der Waals surface area contributed by atoms with Gasteiger partial charge in [-0.1, -0.05) is 38.1 Å². The molecular weight excluding hydrogens is 328 g/mol. The van der Waals surface area contributed by atoms with Crippen molar-refractivity contribution in [3.63, 3.8) is 0 Å². The van der Waals surface area contributed by atoms with Gasteiger partial charge in [0, 0.05) is 28.8 Å². The Balaban J connectivity index is 0.00000288. The molecule has 1 aromatic rings. The van der Waals surface area contributed by atoms with E-state index in [1.54, 1.807) is 31.2 Å². The Kier molecular flexibility index (Phi) is 6.87. The van der Waals surface area contributed by atoms with Crippen molar-refractivity contribution >= 4 is 29.9 Å². The molecule has 0 aromatic heterocycles. The number of allylic oxidation sites excluding steroid dienone is 1. The van der Waals surface area contributed by atoms with Crippen LogP contribution in [-0.2, 0) is 4.79 Å². The summed E-state index contributed by atoms with van der Waals surface area (Å²) in [5, 5.41) is 2.73. The highest BCUT2D eigenvalue weighted by Crippen LogP contribution is 2.27. The van der Waals surface area contributed by atoms with Crippen LogP contribution in [0.5, 0.6) is 0 Å². The van der Waals surface area contributed by atoms with E-state index in [1.165, 1.54) is 0 Å². The lowest BCUT2D eigenvalue weighted by Gasteiger charge is -2.20. The highest BCUT2D eigenvalue weighted by atomic mass is 35.5. The normalized spacial score (nSPS) is 15.0. The predicted molar refractivity (Wildman–Crippen MR) is 95.5 cm³/mol. The zero-order chi connectivity index (χ0) is 17.1. The smallest absolute Gasteiger partial charge is 0.237 e. The lowest BCUT2D eigenvalue weighted by molar-refractivity contribution is -0.123. The fraction of sp³-hybridized carbons (Fsp3) is 0.389. The lowest BCUT2D eigenvalue weighted by Crippen LogP contribution is -2.44. The van der Waals surface area contributed by atoms with Crippen LogP contribution in [0, 0.1) is 5.92 Å². The van der Waals surface area contributed by atoms with Crippen LogP contribution < -0.4 is 11.1 Å². The summed E-state index contributed by atoms with van der Waals surface area (Å²) in [5.41, 5.74) is 7.58. The van der Waals surface area contributed by atoms with Gasteiger partial charge in [0.1, 0.15) is 0 Å². The van der Waals surface area contributed by atoms with E-state index < -0.39 is 6.04 Å². The Hall–Kier alpha value is -1.98. The van der Waals surface area contributed by atoms with Crippen LogP contribution in [0.25, 0.3) is 0 Å². The van der Waals surface area contributed by atoms with Crippen molar-refractivity contribution in [3.05, 3.63) is 46.5 Å². The molecule has 2 rings (SSSR count). The number of benzene rings is 1. The first-order valence-electron chi connectivity index (χ1n) is 7.76. The average Bonchev–Trinajstić information content (AvgIpc) is 2.54. The molecule has 0 saturated heterocycles. The minimum atomic E-state index is -0.575. The van der Waals surface area contributed by atoms with Gasteiger partial charge in [-0.3, -0.25) is 14.4 Å². The highest BCUT2D eigenvalue weighted by molar-refractivity contribution is 6.26. The fourth-order valence-electron chi connectivity index (χ4n) is 2.58. The molecule has 0 spiro atoms. The molecule has 0 fully saturated rings. The third-order valence-electron chi connectivity index (χ3n) is 4.18. The number of Topliss-reactive ketones (excluding diaryl/α,β-unsaturated/α-hetero) is 2. The van der Waals surface area contributed by atoms with Gasteiger partial charge in [-0.15, -0.1) is 12.4 Å². The minimum Gasteiger partial charge on any atom is -0.354 e. The van der Waals surface area contributed by atoms with E-state index in [9.17, 15) is 14.4 Å². The summed E-state index contributed by atoms with van der Waals surface area (Å²) < 4.78 is 0. The van der Waals surface area contributed by atoms with Crippen molar-refractivity contribution in [2.45, 2.75) is 33.2 Å². The number of nitrogens with two attached hydrogens (primary N) is 1. The first-order chi connectivity index (χ1) is 10.8. The molecule has 1 aliphatic rings. The van der Waals surface area contributed by atoms with E-state index in [2.05, 4.69) is 5.32 Å². The van der Waals surface area contributed by atoms with Gasteiger partial charge in [0.2, 0.25) is 5.91 Å². The van der Waals surface area contributed by atoms with Crippen LogP contribution in [0.1, 0.15) is 47.9 Å². The van der Waals surface area contributed by atoms with Gasteiger partial charge in [0.05, 0.1) is 6.04 Å². The molecule has 1 aliphatic carbocycles. The predicted octanol–water partition coefficient (Wildman–Crippen LogP) is 2.29. The SMILES string of the molecule is CC1=C(CCNC(=O)[C@H](N)C(C)C)C(=O)c2ccccc2C1=O.Cl. The second-order valence-electron chi connectivity index (χ2n) is 6.12. The summed E-state index contributed by atoms with van der Waals surface area (Å²) in [6.45, 7) is 5.69. The molecule has 130 valence electrons. The Bertz CT molecular complexity index is 695. The summed E-state index contributed by atoms with van der Waals surface area (Å²) in [7, 11) is 0. The van der Waals surface area contributed by atoms with E-state index in [-0.39, 0.29) is 42.3 Å². The van der Waals surface area contributed by atoms with Crippen LogP contribution in [0.3, 0.4) is 0 Å². The van der Waals surface area contributed by atoms with Gasteiger partial charge in [-0.2, -0.15) is 0 Å². The Morgan fingerprint density at radius 1 is 1.12 bits per heavy atom. The van der Waals surface area contributed by atoms with Gasteiger partial charge in [-0.25, -0.2) is 0 Å². The van der Waals surface area contributed by atoms with Crippen molar-refractivity contribution < 1.29 is 14.4 Å². The van der Waals surface area contributed by atoms with Crippen LogP contribution in [0.15, 0.2) is 35.4 Å². The van der Waals surface area contributed by atoms with E-state index in [0.29, 0.717) is 28.7 Å². The molecule has 24 heavy (non-hydrogen) atoms. The van der Waals surface area contributed by atoms with Crippen LogP contribution in [0.4, 0.5) is 0 Å². The number of carbonyl (C=O) groups is 3. The number of rotatable bonds is 5. The van der Waals surface area contributed by atoms with Crippen LogP contribution >= 0.6 is 12.4 Å². The third-order valence-corrected chi connectivity index (χ3v) is 4.18. The number of ketones is 2. The van der Waals surface area contributed by atoms with Gasteiger partial charge in [-0.05, 0) is 19.3 Å². The quantitative estimate of drug-likeness (QED) is 0.852. The number of fused-ring (bicyclic) bond motifs is 1. The van der Waals surface area contributed by atoms with Crippen molar-refractivity contribution in [3.8, 4) is 0 Å². The van der Waals surface area contributed by atoms with E-state index in [1.807, 2.05) is 13.8 Å². The van der Waals surface area contributed by atoms with Gasteiger partial charge < -0.3 is 11.1 Å². The van der Waals surface area contributed by atoms with E-state index >= 15 is 0 Å². The van der Waals surface area contributed by atoms with Crippen molar-refractivity contribution in [2.24, 2.45) is 11.7 Å². The summed E-state index contributed by atoms with van der Waals surface area (Å²) in [6, 6.07) is 6.24. The molecule has 0 aliphatic heterocycles. The third kappa shape index (κ3) is 3.91. The molecular formula is C18H23ClN2O3. The fourth-order valence-corrected chi connectivity index (χ4v) is 2.58. The van der Waals surface area contributed by atoms with Crippen molar-refractivity contribution in [1.82, 2.24) is 5.32 Å². The van der Waals surface area contributed by atoms with Crippen molar-refractivity contribution in [1.29, 1.82) is 0 Å². The topological polar surface area (TPSA) is 89.3 Å². The standard InChI is InChI=1S/C18H22N2O3.ClH/c1-10(2)15(19)18(23)20-9-8-12-11(3)16(21)13-6-4-5-7-14(13)17(12)22;/h4-7,10,15H,8-9,19H2,1-3H3,(H,20,23);1H/t15-;/m1./s1. The second kappa shape index (κ2) is 8.22.